The van der Waals surface area contributed by atoms with Crippen LogP contribution in [0.4, 0.5) is 15.8 Å². The number of carbonyl (C=O) groups is 3. The third kappa shape index (κ3) is 3.10. The topological polar surface area (TPSA) is 75.7 Å². The second kappa shape index (κ2) is 6.49. The number of para-hydroxylation sites is 1. The predicted molar refractivity (Wildman–Crippen MR) is 84.7 cm³/mol. The number of ether oxygens (including phenoxy) is 1. The molecule has 2 aromatic carbocycles. The van der Waals surface area contributed by atoms with E-state index in [0.717, 1.165) is 0 Å². The van der Waals surface area contributed by atoms with Crippen LogP contribution in [0.5, 0.6) is 5.75 Å². The van der Waals surface area contributed by atoms with E-state index in [-0.39, 0.29) is 18.8 Å². The molecule has 2 aromatic rings. The highest BCUT2D eigenvalue weighted by atomic mass is 19.1. The zero-order valence-corrected chi connectivity index (χ0v) is 12.5. The van der Waals surface area contributed by atoms with Crippen molar-refractivity contribution in [2.75, 3.05) is 23.4 Å². The molecule has 0 fully saturated rings. The number of hydrogen-bond acceptors (Lipinski definition) is 4. The fourth-order valence-corrected chi connectivity index (χ4v) is 2.36. The van der Waals surface area contributed by atoms with Gasteiger partial charge in [0.05, 0.1) is 11.4 Å². The number of aldehydes is 1. The largest absolute Gasteiger partial charge is 0.482 e. The van der Waals surface area contributed by atoms with Crippen LogP contribution in [0, 0.1) is 5.82 Å². The molecule has 0 saturated carbocycles. The Labute approximate surface area is 136 Å². The molecular weight excluding hydrogens is 315 g/mol. The minimum atomic E-state index is -0.567. The number of fused-ring (bicyclic) bond motifs is 1. The Morgan fingerprint density at radius 3 is 2.83 bits per heavy atom. The van der Waals surface area contributed by atoms with Crippen molar-refractivity contribution in [3.63, 3.8) is 0 Å². The van der Waals surface area contributed by atoms with Crippen molar-refractivity contribution in [3.05, 3.63) is 53.8 Å². The van der Waals surface area contributed by atoms with Crippen LogP contribution in [0.2, 0.25) is 0 Å². The molecule has 1 aliphatic rings. The molecule has 0 saturated heterocycles. The Balaban J connectivity index is 1.82. The molecule has 0 atom stereocenters. The molecule has 0 aromatic heterocycles. The third-order valence-electron chi connectivity index (χ3n) is 3.51. The summed E-state index contributed by atoms with van der Waals surface area (Å²) < 4.78 is 18.9. The number of nitrogens with zero attached hydrogens (tertiary/aromatic N) is 1. The molecule has 0 radical (unpaired) electrons. The van der Waals surface area contributed by atoms with E-state index in [4.69, 9.17) is 4.74 Å². The Morgan fingerprint density at radius 2 is 2.08 bits per heavy atom. The third-order valence-corrected chi connectivity index (χ3v) is 3.51. The highest BCUT2D eigenvalue weighted by Crippen LogP contribution is 2.32. The standard InChI is InChI=1S/C17H13FN2O4/c18-12-3-1-2-4-13(12)19-16(22)8-20-14-7-11(9-21)5-6-15(14)24-10-17(20)23/h1-7,9H,8,10H2,(H,19,22). The van der Waals surface area contributed by atoms with Crippen LogP contribution < -0.4 is 15.0 Å². The second-order valence-corrected chi connectivity index (χ2v) is 5.14. The maximum Gasteiger partial charge on any atom is 0.265 e. The van der Waals surface area contributed by atoms with Gasteiger partial charge >= 0.3 is 0 Å². The summed E-state index contributed by atoms with van der Waals surface area (Å²) in [4.78, 5) is 36.4. The number of halogens is 1. The first-order valence-corrected chi connectivity index (χ1v) is 7.15. The van der Waals surface area contributed by atoms with Gasteiger partial charge in [0.25, 0.3) is 5.91 Å². The maximum absolute atomic E-state index is 13.6. The van der Waals surface area contributed by atoms with Gasteiger partial charge in [-0.2, -0.15) is 0 Å². The molecule has 0 spiro atoms. The number of anilines is 2. The van der Waals surface area contributed by atoms with Crippen LogP contribution in [-0.2, 0) is 9.59 Å². The van der Waals surface area contributed by atoms with E-state index in [1.165, 1.54) is 29.2 Å². The molecule has 1 aliphatic heterocycles. The molecule has 6 nitrogen and oxygen atoms in total. The van der Waals surface area contributed by atoms with Crippen molar-refractivity contribution in [3.8, 4) is 5.75 Å². The minimum Gasteiger partial charge on any atom is -0.482 e. The van der Waals surface area contributed by atoms with Gasteiger partial charge in [-0.1, -0.05) is 12.1 Å². The first-order chi connectivity index (χ1) is 11.6. The molecule has 24 heavy (non-hydrogen) atoms. The van der Waals surface area contributed by atoms with Crippen LogP contribution in [0.15, 0.2) is 42.5 Å². The first-order valence-electron chi connectivity index (χ1n) is 7.15. The van der Waals surface area contributed by atoms with Gasteiger partial charge in [0.15, 0.2) is 6.61 Å². The van der Waals surface area contributed by atoms with E-state index in [9.17, 15) is 18.8 Å². The smallest absolute Gasteiger partial charge is 0.265 e. The van der Waals surface area contributed by atoms with Gasteiger partial charge in [0, 0.05) is 5.56 Å². The van der Waals surface area contributed by atoms with Gasteiger partial charge in [0.2, 0.25) is 5.91 Å². The molecule has 122 valence electrons. The molecule has 0 bridgehead atoms. The van der Waals surface area contributed by atoms with Crippen molar-refractivity contribution < 1.29 is 23.5 Å². The lowest BCUT2D eigenvalue weighted by atomic mass is 10.1. The average Bonchev–Trinajstić information content (AvgIpc) is 2.59. The van der Waals surface area contributed by atoms with Crippen molar-refractivity contribution in [2.24, 2.45) is 0 Å². The fourth-order valence-electron chi connectivity index (χ4n) is 2.36. The summed E-state index contributed by atoms with van der Waals surface area (Å²) in [5.41, 5.74) is 0.719. The SMILES string of the molecule is O=Cc1ccc2c(c1)N(CC(=O)Nc1ccccc1F)C(=O)CO2. The van der Waals surface area contributed by atoms with E-state index < -0.39 is 17.6 Å². The fraction of sp³-hybridized carbons (Fsp3) is 0.118. The summed E-state index contributed by atoms with van der Waals surface area (Å²) in [7, 11) is 0. The maximum atomic E-state index is 13.6. The summed E-state index contributed by atoms with van der Waals surface area (Å²) in [5.74, 6) is -1.14. The number of carbonyl (C=O) groups excluding carboxylic acids is 3. The number of rotatable bonds is 4. The molecular formula is C17H13FN2O4. The van der Waals surface area contributed by atoms with Gasteiger partial charge in [-0.15, -0.1) is 0 Å². The lowest BCUT2D eigenvalue weighted by Crippen LogP contribution is -2.43. The van der Waals surface area contributed by atoms with Gasteiger partial charge in [0.1, 0.15) is 24.4 Å². The molecule has 2 amide bonds. The molecule has 7 heteroatoms. The number of benzene rings is 2. The van der Waals surface area contributed by atoms with Gasteiger partial charge < -0.3 is 10.1 Å². The van der Waals surface area contributed by atoms with Crippen molar-refractivity contribution in [1.82, 2.24) is 0 Å². The Hall–Kier alpha value is -3.22. The van der Waals surface area contributed by atoms with E-state index in [1.54, 1.807) is 18.2 Å². The first kappa shape index (κ1) is 15.7. The highest BCUT2D eigenvalue weighted by Gasteiger charge is 2.27. The van der Waals surface area contributed by atoms with Crippen LogP contribution in [-0.4, -0.2) is 31.3 Å². The molecule has 1 N–H and O–H groups in total. The average molecular weight is 328 g/mol. The predicted octanol–water partition coefficient (Wildman–Crippen LogP) is 2.00. The van der Waals surface area contributed by atoms with Crippen molar-refractivity contribution in [1.29, 1.82) is 0 Å². The molecule has 0 aliphatic carbocycles. The molecule has 0 unspecified atom stereocenters. The van der Waals surface area contributed by atoms with E-state index >= 15 is 0 Å². The quantitative estimate of drug-likeness (QED) is 0.871. The zero-order valence-electron chi connectivity index (χ0n) is 12.5. The Kier molecular flexibility index (Phi) is 4.24. The number of hydrogen-bond donors (Lipinski definition) is 1. The minimum absolute atomic E-state index is 0.0325. The van der Waals surface area contributed by atoms with E-state index in [0.29, 0.717) is 23.3 Å². The normalized spacial score (nSPS) is 13.0. The summed E-state index contributed by atoms with van der Waals surface area (Å²) in [6, 6.07) is 10.3. The molecule has 1 heterocycles. The summed E-state index contributed by atoms with van der Waals surface area (Å²) in [6.45, 7) is -0.522. The van der Waals surface area contributed by atoms with E-state index in [1.807, 2.05) is 0 Å². The van der Waals surface area contributed by atoms with Crippen LogP contribution >= 0.6 is 0 Å². The Bertz CT molecular complexity index is 822. The van der Waals surface area contributed by atoms with Crippen molar-refractivity contribution >= 4 is 29.5 Å². The lowest BCUT2D eigenvalue weighted by molar-refractivity contribution is -0.123. The summed E-state index contributed by atoms with van der Waals surface area (Å²) >= 11 is 0. The van der Waals surface area contributed by atoms with Gasteiger partial charge in [-0.25, -0.2) is 4.39 Å². The molecule has 3 rings (SSSR count). The summed E-state index contributed by atoms with van der Waals surface area (Å²) in [5, 5.41) is 2.42. The van der Waals surface area contributed by atoms with Gasteiger partial charge in [-0.3, -0.25) is 19.3 Å². The summed E-state index contributed by atoms with van der Waals surface area (Å²) in [6.07, 6.45) is 0.636. The highest BCUT2D eigenvalue weighted by molar-refractivity contribution is 6.05. The Morgan fingerprint density at radius 1 is 1.29 bits per heavy atom. The van der Waals surface area contributed by atoms with E-state index in [2.05, 4.69) is 5.32 Å². The number of nitrogens with one attached hydrogen (secondary N) is 1. The van der Waals surface area contributed by atoms with Crippen LogP contribution in [0.25, 0.3) is 0 Å². The second-order valence-electron chi connectivity index (χ2n) is 5.14. The lowest BCUT2D eigenvalue weighted by Gasteiger charge is -2.29. The van der Waals surface area contributed by atoms with Crippen LogP contribution in [0.1, 0.15) is 10.4 Å². The van der Waals surface area contributed by atoms with Crippen LogP contribution in [0.3, 0.4) is 0 Å². The van der Waals surface area contributed by atoms with Gasteiger partial charge in [-0.05, 0) is 30.3 Å². The monoisotopic (exact) mass is 328 g/mol. The number of amides is 2. The van der Waals surface area contributed by atoms with Crippen molar-refractivity contribution in [2.45, 2.75) is 0 Å². The zero-order chi connectivity index (χ0) is 17.1.